The molecular formula is C27H22N4O4. The van der Waals surface area contributed by atoms with Gasteiger partial charge in [0.1, 0.15) is 30.1 Å². The highest BCUT2D eigenvalue weighted by atomic mass is 16.5. The normalized spacial score (nSPS) is 10.9. The first kappa shape index (κ1) is 22.1. The molecular weight excluding hydrogens is 444 g/mol. The van der Waals surface area contributed by atoms with E-state index >= 15 is 0 Å². The second-order valence-corrected chi connectivity index (χ2v) is 7.94. The molecule has 0 saturated carbocycles. The van der Waals surface area contributed by atoms with Crippen molar-refractivity contribution in [2.75, 3.05) is 6.61 Å². The molecule has 3 aromatic heterocycles. The lowest BCUT2D eigenvalue weighted by atomic mass is 10.1. The number of fused-ring (bicyclic) bond motifs is 1. The predicted octanol–water partition coefficient (Wildman–Crippen LogP) is 5.37. The standard InChI is InChI=1S/C27H22N4O4/c1-18-3-2-4-19(13-18)26-23-14-25(27(32)33)31(24(23)9-10-30-26)11-12-34-20-5-7-21(8-6-20)35-22-15-28-17-29-16-22/h2-10,13-17H,11-12H2,1H3,(H,32,33). The average Bonchev–Trinajstić information content (AvgIpc) is 3.25. The summed E-state index contributed by atoms with van der Waals surface area (Å²) in [4.78, 5) is 24.4. The van der Waals surface area contributed by atoms with Crippen LogP contribution < -0.4 is 9.47 Å². The van der Waals surface area contributed by atoms with Gasteiger partial charge in [0.05, 0.1) is 30.1 Å². The van der Waals surface area contributed by atoms with Gasteiger partial charge in [-0.15, -0.1) is 0 Å². The van der Waals surface area contributed by atoms with E-state index in [1.165, 1.54) is 6.33 Å². The summed E-state index contributed by atoms with van der Waals surface area (Å²) >= 11 is 0. The van der Waals surface area contributed by atoms with Gasteiger partial charge in [0.15, 0.2) is 5.75 Å². The van der Waals surface area contributed by atoms with Crippen LogP contribution in [0.15, 0.2) is 85.6 Å². The number of hydrogen-bond donors (Lipinski definition) is 1. The van der Waals surface area contributed by atoms with Gasteiger partial charge in [0.2, 0.25) is 0 Å². The number of nitrogens with zero attached hydrogens (tertiary/aromatic N) is 4. The molecule has 8 nitrogen and oxygen atoms in total. The van der Waals surface area contributed by atoms with Gasteiger partial charge in [-0.2, -0.15) is 0 Å². The van der Waals surface area contributed by atoms with Crippen molar-refractivity contribution in [3.05, 3.63) is 96.8 Å². The Bertz CT molecular complexity index is 1480. The predicted molar refractivity (Wildman–Crippen MR) is 131 cm³/mol. The molecule has 0 bridgehead atoms. The number of aromatic nitrogens is 4. The second kappa shape index (κ2) is 9.64. The molecule has 0 unspecified atom stereocenters. The number of carboxylic acids is 1. The van der Waals surface area contributed by atoms with Crippen LogP contribution in [0.2, 0.25) is 0 Å². The largest absolute Gasteiger partial charge is 0.492 e. The average molecular weight is 466 g/mol. The van der Waals surface area contributed by atoms with Crippen LogP contribution in [-0.4, -0.2) is 37.2 Å². The fourth-order valence-electron chi connectivity index (χ4n) is 3.96. The lowest BCUT2D eigenvalue weighted by Gasteiger charge is -2.11. The zero-order chi connectivity index (χ0) is 24.2. The second-order valence-electron chi connectivity index (χ2n) is 7.94. The Balaban J connectivity index is 1.34. The zero-order valence-corrected chi connectivity index (χ0v) is 19.0. The Labute approximate surface area is 201 Å². The molecule has 3 heterocycles. The number of carboxylic acid groups (broad SMARTS) is 1. The van der Waals surface area contributed by atoms with Gasteiger partial charge in [-0.3, -0.25) is 4.98 Å². The van der Waals surface area contributed by atoms with Crippen molar-refractivity contribution in [3.63, 3.8) is 0 Å². The summed E-state index contributed by atoms with van der Waals surface area (Å²) in [6, 6.07) is 18.7. The van der Waals surface area contributed by atoms with E-state index in [0.717, 1.165) is 27.7 Å². The minimum Gasteiger partial charge on any atom is -0.492 e. The molecule has 0 aliphatic rings. The van der Waals surface area contributed by atoms with Crippen molar-refractivity contribution in [1.82, 2.24) is 19.5 Å². The van der Waals surface area contributed by atoms with E-state index in [-0.39, 0.29) is 5.69 Å². The monoisotopic (exact) mass is 466 g/mol. The van der Waals surface area contributed by atoms with E-state index in [9.17, 15) is 9.90 Å². The third-order valence-electron chi connectivity index (χ3n) is 5.52. The third kappa shape index (κ3) is 4.81. The zero-order valence-electron chi connectivity index (χ0n) is 19.0. The van der Waals surface area contributed by atoms with Gasteiger partial charge in [-0.1, -0.05) is 23.8 Å². The maximum absolute atomic E-state index is 12.0. The van der Waals surface area contributed by atoms with Crippen LogP contribution in [0.25, 0.3) is 22.2 Å². The highest BCUT2D eigenvalue weighted by molar-refractivity contribution is 6.00. The Morgan fingerprint density at radius 2 is 1.74 bits per heavy atom. The highest BCUT2D eigenvalue weighted by Gasteiger charge is 2.18. The Hall–Kier alpha value is -4.72. The van der Waals surface area contributed by atoms with Crippen LogP contribution in [0.5, 0.6) is 17.2 Å². The summed E-state index contributed by atoms with van der Waals surface area (Å²) in [6.07, 6.45) is 6.31. The van der Waals surface area contributed by atoms with Crippen LogP contribution in [0.4, 0.5) is 0 Å². The minimum absolute atomic E-state index is 0.194. The van der Waals surface area contributed by atoms with E-state index in [0.29, 0.717) is 30.4 Å². The summed E-state index contributed by atoms with van der Waals surface area (Å²) in [7, 11) is 0. The number of benzene rings is 2. The molecule has 1 N–H and O–H groups in total. The molecule has 0 fully saturated rings. The fraction of sp³-hybridized carbons (Fsp3) is 0.111. The quantitative estimate of drug-likeness (QED) is 0.328. The van der Waals surface area contributed by atoms with E-state index in [1.54, 1.807) is 53.5 Å². The molecule has 0 aliphatic carbocycles. The van der Waals surface area contributed by atoms with Crippen LogP contribution in [-0.2, 0) is 6.54 Å². The number of carbonyl (C=O) groups is 1. The van der Waals surface area contributed by atoms with Crippen molar-refractivity contribution >= 4 is 16.9 Å². The summed E-state index contributed by atoms with van der Waals surface area (Å²) < 4.78 is 13.3. The molecule has 5 rings (SSSR count). The van der Waals surface area contributed by atoms with Crippen LogP contribution in [0, 0.1) is 6.92 Å². The van der Waals surface area contributed by atoms with Crippen LogP contribution in [0.1, 0.15) is 16.1 Å². The molecule has 2 aromatic carbocycles. The highest BCUT2D eigenvalue weighted by Crippen LogP contribution is 2.30. The molecule has 35 heavy (non-hydrogen) atoms. The molecule has 5 aromatic rings. The summed E-state index contributed by atoms with van der Waals surface area (Å²) in [5.74, 6) is 0.828. The van der Waals surface area contributed by atoms with E-state index in [4.69, 9.17) is 9.47 Å². The molecule has 0 saturated heterocycles. The number of aromatic carboxylic acids is 1. The van der Waals surface area contributed by atoms with Gasteiger partial charge in [0, 0.05) is 17.1 Å². The van der Waals surface area contributed by atoms with Gasteiger partial charge in [-0.25, -0.2) is 14.8 Å². The fourth-order valence-corrected chi connectivity index (χ4v) is 3.96. The first-order valence-electron chi connectivity index (χ1n) is 11.0. The van der Waals surface area contributed by atoms with Gasteiger partial charge >= 0.3 is 5.97 Å². The van der Waals surface area contributed by atoms with E-state index in [2.05, 4.69) is 15.0 Å². The van der Waals surface area contributed by atoms with Crippen LogP contribution in [0.3, 0.4) is 0 Å². The van der Waals surface area contributed by atoms with Crippen molar-refractivity contribution in [1.29, 1.82) is 0 Å². The smallest absolute Gasteiger partial charge is 0.352 e. The minimum atomic E-state index is -0.997. The molecule has 0 aliphatic heterocycles. The SMILES string of the molecule is Cc1cccc(-c2nccc3c2cc(C(=O)O)n3CCOc2ccc(Oc3cncnc3)cc2)c1. The van der Waals surface area contributed by atoms with Crippen molar-refractivity contribution in [2.45, 2.75) is 13.5 Å². The molecule has 174 valence electrons. The molecule has 8 heteroatoms. The number of hydrogen-bond acceptors (Lipinski definition) is 6. The van der Waals surface area contributed by atoms with Crippen molar-refractivity contribution < 1.29 is 19.4 Å². The summed E-state index contributed by atoms with van der Waals surface area (Å²) in [6.45, 7) is 2.67. The van der Waals surface area contributed by atoms with Crippen molar-refractivity contribution in [2.24, 2.45) is 0 Å². The maximum Gasteiger partial charge on any atom is 0.352 e. The number of ether oxygens (including phenoxy) is 2. The molecule has 0 amide bonds. The van der Waals surface area contributed by atoms with Gasteiger partial charge in [0.25, 0.3) is 0 Å². The number of pyridine rings is 1. The van der Waals surface area contributed by atoms with Crippen LogP contribution >= 0.6 is 0 Å². The summed E-state index contributed by atoms with van der Waals surface area (Å²) in [5.41, 5.74) is 3.81. The Kier molecular flexibility index (Phi) is 6.09. The first-order chi connectivity index (χ1) is 17.1. The topological polar surface area (TPSA) is 99.4 Å². The van der Waals surface area contributed by atoms with Gasteiger partial charge < -0.3 is 19.1 Å². The lowest BCUT2D eigenvalue weighted by molar-refractivity contribution is 0.0684. The number of aryl methyl sites for hydroxylation is 1. The third-order valence-corrected chi connectivity index (χ3v) is 5.52. The Morgan fingerprint density at radius 3 is 2.49 bits per heavy atom. The molecule has 0 atom stereocenters. The van der Waals surface area contributed by atoms with Gasteiger partial charge in [-0.05, 0) is 49.4 Å². The van der Waals surface area contributed by atoms with Crippen molar-refractivity contribution in [3.8, 4) is 28.5 Å². The molecule has 0 radical (unpaired) electrons. The molecule has 0 spiro atoms. The maximum atomic E-state index is 12.0. The first-order valence-corrected chi connectivity index (χ1v) is 11.0. The van der Waals surface area contributed by atoms with E-state index in [1.807, 2.05) is 37.3 Å². The lowest BCUT2D eigenvalue weighted by Crippen LogP contribution is -2.13. The summed E-state index contributed by atoms with van der Waals surface area (Å²) in [5, 5.41) is 10.6. The Morgan fingerprint density at radius 1 is 0.971 bits per heavy atom. The van der Waals surface area contributed by atoms with E-state index < -0.39 is 5.97 Å². The number of rotatable bonds is 8.